The molecule has 6 heteroatoms. The molecule has 32 heavy (non-hydrogen) atoms. The van der Waals surface area contributed by atoms with Gasteiger partial charge in [0.1, 0.15) is 5.75 Å². The van der Waals surface area contributed by atoms with Crippen molar-refractivity contribution in [3.05, 3.63) is 95.0 Å². The molecule has 0 unspecified atom stereocenters. The third kappa shape index (κ3) is 5.01. The average molecular weight is 447 g/mol. The van der Waals surface area contributed by atoms with Crippen LogP contribution in [0.1, 0.15) is 18.1 Å². The van der Waals surface area contributed by atoms with Crippen LogP contribution in [0.2, 0.25) is 5.02 Å². The third-order valence-electron chi connectivity index (χ3n) is 5.07. The summed E-state index contributed by atoms with van der Waals surface area (Å²) in [6, 6.07) is 25.2. The number of halogens is 1. The van der Waals surface area contributed by atoms with Crippen molar-refractivity contribution in [2.24, 2.45) is 0 Å². The summed E-state index contributed by atoms with van der Waals surface area (Å²) in [5.74, 6) is -0.203. The second-order valence-electron chi connectivity index (χ2n) is 7.40. The van der Waals surface area contributed by atoms with E-state index >= 15 is 0 Å². The maximum atomic E-state index is 11.2. The number of nitrogens with zero attached hydrogens (tertiary/aromatic N) is 2. The molecule has 0 saturated heterocycles. The lowest BCUT2D eigenvalue weighted by molar-refractivity contribution is -0.136. The lowest BCUT2D eigenvalue weighted by Gasteiger charge is -2.10. The first-order valence-corrected chi connectivity index (χ1v) is 10.8. The topological polar surface area (TPSA) is 64.3 Å². The normalized spacial score (nSPS) is 10.8. The second kappa shape index (κ2) is 9.71. The third-order valence-corrected chi connectivity index (χ3v) is 5.32. The highest BCUT2D eigenvalue weighted by molar-refractivity contribution is 6.30. The number of ether oxygens (including phenoxy) is 1. The molecule has 0 saturated carbocycles. The van der Waals surface area contributed by atoms with Crippen LogP contribution in [0.25, 0.3) is 22.5 Å². The molecule has 0 aliphatic heterocycles. The fourth-order valence-corrected chi connectivity index (χ4v) is 3.75. The summed E-state index contributed by atoms with van der Waals surface area (Å²) in [5, 5.41) is 14.8. The number of hydrogen-bond acceptors (Lipinski definition) is 3. The Bertz CT molecular complexity index is 1220. The van der Waals surface area contributed by atoms with E-state index in [1.54, 1.807) is 6.07 Å². The number of carbonyl (C=O) groups is 1. The molecule has 162 valence electrons. The van der Waals surface area contributed by atoms with E-state index < -0.39 is 5.97 Å². The Labute approximate surface area is 191 Å². The molecule has 0 spiro atoms. The number of benzene rings is 3. The zero-order chi connectivity index (χ0) is 22.5. The Morgan fingerprint density at radius 3 is 2.44 bits per heavy atom. The zero-order valence-corrected chi connectivity index (χ0v) is 18.4. The molecular formula is C26H23ClN2O3. The number of aliphatic carboxylic acids is 1. The van der Waals surface area contributed by atoms with Gasteiger partial charge in [-0.2, -0.15) is 5.10 Å². The van der Waals surface area contributed by atoms with E-state index in [-0.39, 0.29) is 6.42 Å². The molecule has 0 atom stereocenters. The Hall–Kier alpha value is -3.57. The minimum atomic E-state index is -0.878. The number of rotatable bonds is 8. The summed E-state index contributed by atoms with van der Waals surface area (Å²) in [5.41, 5.74) is 5.24. The molecule has 1 aromatic heterocycles. The molecule has 4 rings (SSSR count). The fourth-order valence-electron chi connectivity index (χ4n) is 3.62. The molecule has 1 heterocycles. The minimum Gasteiger partial charge on any atom is -0.493 e. The van der Waals surface area contributed by atoms with Gasteiger partial charge >= 0.3 is 5.97 Å². The van der Waals surface area contributed by atoms with Gasteiger partial charge in [0.25, 0.3) is 0 Å². The summed E-state index contributed by atoms with van der Waals surface area (Å²) in [4.78, 5) is 11.2. The largest absolute Gasteiger partial charge is 0.493 e. The monoisotopic (exact) mass is 446 g/mol. The van der Waals surface area contributed by atoms with E-state index in [1.165, 1.54) is 0 Å². The number of carboxylic acids is 1. The first-order valence-electron chi connectivity index (χ1n) is 10.4. The smallest absolute Gasteiger partial charge is 0.307 e. The van der Waals surface area contributed by atoms with Crippen molar-refractivity contribution in [1.29, 1.82) is 0 Å². The summed E-state index contributed by atoms with van der Waals surface area (Å²) in [6.45, 7) is 3.01. The van der Waals surface area contributed by atoms with Crippen molar-refractivity contribution in [2.75, 3.05) is 6.61 Å². The predicted molar refractivity (Wildman–Crippen MR) is 126 cm³/mol. The molecular weight excluding hydrogens is 424 g/mol. The highest BCUT2D eigenvalue weighted by Crippen LogP contribution is 2.34. The van der Waals surface area contributed by atoms with Crippen molar-refractivity contribution < 1.29 is 14.6 Å². The van der Waals surface area contributed by atoms with Gasteiger partial charge in [-0.1, -0.05) is 60.1 Å². The van der Waals surface area contributed by atoms with Crippen LogP contribution >= 0.6 is 11.6 Å². The van der Waals surface area contributed by atoms with E-state index in [9.17, 15) is 9.90 Å². The average Bonchev–Trinajstić information content (AvgIpc) is 3.19. The van der Waals surface area contributed by atoms with Crippen LogP contribution in [0.4, 0.5) is 0 Å². The summed E-state index contributed by atoms with van der Waals surface area (Å²) < 4.78 is 7.78. The van der Waals surface area contributed by atoms with E-state index in [1.807, 2.05) is 72.3 Å². The van der Waals surface area contributed by atoms with Crippen molar-refractivity contribution in [3.63, 3.8) is 0 Å². The molecule has 1 N–H and O–H groups in total. The molecule has 0 aliphatic rings. The van der Waals surface area contributed by atoms with Gasteiger partial charge in [-0.15, -0.1) is 0 Å². The Morgan fingerprint density at radius 2 is 1.75 bits per heavy atom. The molecule has 3 aromatic carbocycles. The Kier molecular flexibility index (Phi) is 6.57. The zero-order valence-electron chi connectivity index (χ0n) is 17.7. The van der Waals surface area contributed by atoms with E-state index in [0.717, 1.165) is 28.1 Å². The van der Waals surface area contributed by atoms with Gasteiger partial charge in [-0.3, -0.25) is 9.48 Å². The van der Waals surface area contributed by atoms with E-state index in [2.05, 4.69) is 12.1 Å². The summed E-state index contributed by atoms with van der Waals surface area (Å²) >= 11 is 6.10. The van der Waals surface area contributed by atoms with E-state index in [0.29, 0.717) is 29.5 Å². The van der Waals surface area contributed by atoms with Gasteiger partial charge in [0.05, 0.1) is 31.0 Å². The minimum absolute atomic E-state index is 0.0613. The summed E-state index contributed by atoms with van der Waals surface area (Å²) in [7, 11) is 0. The second-order valence-corrected chi connectivity index (χ2v) is 7.84. The van der Waals surface area contributed by atoms with E-state index in [4.69, 9.17) is 21.4 Å². The molecule has 5 nitrogen and oxygen atoms in total. The quantitative estimate of drug-likeness (QED) is 0.363. The van der Waals surface area contributed by atoms with Crippen LogP contribution in [-0.2, 0) is 17.8 Å². The fraction of sp³-hybridized carbons (Fsp3) is 0.154. The molecule has 0 radical (unpaired) electrons. The van der Waals surface area contributed by atoms with Crippen molar-refractivity contribution >= 4 is 17.6 Å². The number of hydrogen-bond donors (Lipinski definition) is 1. The van der Waals surface area contributed by atoms with Crippen LogP contribution in [-0.4, -0.2) is 27.5 Å². The number of carboxylic acid groups (broad SMARTS) is 1. The van der Waals surface area contributed by atoms with Crippen LogP contribution in [0.3, 0.4) is 0 Å². The SMILES string of the molecule is CCOc1ccc(CC(=O)O)cc1-c1cc(-c2ccc(Cl)cc2)n(Cc2ccccc2)n1. The van der Waals surface area contributed by atoms with Crippen LogP contribution in [0.5, 0.6) is 5.75 Å². The highest BCUT2D eigenvalue weighted by atomic mass is 35.5. The maximum Gasteiger partial charge on any atom is 0.307 e. The molecule has 0 bridgehead atoms. The molecule has 0 amide bonds. The first-order chi connectivity index (χ1) is 15.5. The predicted octanol–water partition coefficient (Wildman–Crippen LogP) is 5.94. The van der Waals surface area contributed by atoms with Gasteiger partial charge in [0.2, 0.25) is 0 Å². The first kappa shape index (κ1) is 21.7. The lowest BCUT2D eigenvalue weighted by atomic mass is 10.0. The lowest BCUT2D eigenvalue weighted by Crippen LogP contribution is -2.04. The van der Waals surface area contributed by atoms with Crippen LogP contribution in [0.15, 0.2) is 78.9 Å². The van der Waals surface area contributed by atoms with Gasteiger partial charge in [0, 0.05) is 10.6 Å². The standard InChI is InChI=1S/C26H23ClN2O3/c1-2-32-25-13-8-19(15-26(30)31)14-22(25)23-16-24(20-9-11-21(27)12-10-20)29(28-23)17-18-6-4-3-5-7-18/h3-14,16H,2,15,17H2,1H3,(H,30,31). The maximum absolute atomic E-state index is 11.2. The van der Waals surface area contributed by atoms with Crippen LogP contribution < -0.4 is 4.74 Å². The highest BCUT2D eigenvalue weighted by Gasteiger charge is 2.17. The van der Waals surface area contributed by atoms with Gasteiger partial charge < -0.3 is 9.84 Å². The van der Waals surface area contributed by atoms with Crippen molar-refractivity contribution in [3.8, 4) is 28.3 Å². The molecule has 0 fully saturated rings. The van der Waals surface area contributed by atoms with Crippen molar-refractivity contribution in [2.45, 2.75) is 19.9 Å². The van der Waals surface area contributed by atoms with Crippen molar-refractivity contribution in [1.82, 2.24) is 9.78 Å². The Balaban J connectivity index is 1.83. The molecule has 4 aromatic rings. The van der Waals surface area contributed by atoms with Crippen LogP contribution in [0, 0.1) is 0 Å². The van der Waals surface area contributed by atoms with Gasteiger partial charge in [0.15, 0.2) is 0 Å². The van der Waals surface area contributed by atoms with Gasteiger partial charge in [-0.05, 0) is 53.9 Å². The van der Waals surface area contributed by atoms with Gasteiger partial charge in [-0.25, -0.2) is 0 Å². The summed E-state index contributed by atoms with van der Waals surface area (Å²) in [6.07, 6.45) is -0.0613. The number of aromatic nitrogens is 2. The molecule has 0 aliphatic carbocycles. The Morgan fingerprint density at radius 1 is 1.00 bits per heavy atom.